The summed E-state index contributed by atoms with van der Waals surface area (Å²) in [5, 5.41) is 0. The highest BCUT2D eigenvalue weighted by Crippen LogP contribution is 2.45. The zero-order valence-corrected chi connectivity index (χ0v) is 17.9. The first kappa shape index (κ1) is 21.9. The Balaban J connectivity index is 2.22. The predicted molar refractivity (Wildman–Crippen MR) is 113 cm³/mol. The molecule has 158 valence electrons. The predicted octanol–water partition coefficient (Wildman–Crippen LogP) is 2.12. The summed E-state index contributed by atoms with van der Waals surface area (Å²) in [6, 6.07) is 9.85. The average molecular weight is 409 g/mol. The van der Waals surface area contributed by atoms with Crippen molar-refractivity contribution in [2.75, 3.05) is 27.2 Å². The molecule has 0 N–H and O–H groups in total. The third kappa shape index (κ3) is 4.37. The van der Waals surface area contributed by atoms with Crippen molar-refractivity contribution in [1.82, 2.24) is 19.8 Å². The number of likely N-dealkylation sites (tertiary alicyclic amines) is 1. The Bertz CT molecular complexity index is 834. The van der Waals surface area contributed by atoms with E-state index in [1.807, 2.05) is 43.3 Å². The summed E-state index contributed by atoms with van der Waals surface area (Å²) in [7, 11) is 3.93. The first-order chi connectivity index (χ1) is 14.3. The van der Waals surface area contributed by atoms with Crippen LogP contribution in [0, 0.1) is 11.8 Å². The Labute approximate surface area is 177 Å². The standard InChI is InChI=1S/C23H28N4O3/c1-15(28)19-21(17-9-5-7-11-24-17)27(14-13-26(3)4)22(18-10-6-8-12-25-18)20(16(2)29)23(19)30/h5-12,19-22H,13-14H2,1-4H3. The first-order valence-electron chi connectivity index (χ1n) is 10.1. The molecule has 3 heterocycles. The molecule has 30 heavy (non-hydrogen) atoms. The minimum atomic E-state index is -0.948. The Kier molecular flexibility index (Phi) is 6.84. The molecule has 2 aromatic heterocycles. The van der Waals surface area contributed by atoms with Crippen LogP contribution in [0.2, 0.25) is 0 Å². The van der Waals surface area contributed by atoms with Crippen molar-refractivity contribution < 1.29 is 14.4 Å². The molecule has 0 saturated carbocycles. The van der Waals surface area contributed by atoms with Crippen molar-refractivity contribution in [3.8, 4) is 0 Å². The molecule has 0 spiro atoms. The molecule has 0 bridgehead atoms. The smallest absolute Gasteiger partial charge is 0.157 e. The number of likely N-dealkylation sites (N-methyl/N-ethyl adjacent to an activating group) is 1. The Morgan fingerprint density at radius 2 is 1.37 bits per heavy atom. The molecule has 7 nitrogen and oxygen atoms in total. The van der Waals surface area contributed by atoms with Crippen LogP contribution >= 0.6 is 0 Å². The molecular weight excluding hydrogens is 380 g/mol. The van der Waals surface area contributed by atoms with E-state index in [0.29, 0.717) is 24.5 Å². The van der Waals surface area contributed by atoms with Crippen LogP contribution in [0.25, 0.3) is 0 Å². The summed E-state index contributed by atoms with van der Waals surface area (Å²) in [4.78, 5) is 51.9. The van der Waals surface area contributed by atoms with Crippen molar-refractivity contribution in [1.29, 1.82) is 0 Å². The van der Waals surface area contributed by atoms with Gasteiger partial charge in [0.15, 0.2) is 5.78 Å². The van der Waals surface area contributed by atoms with Gasteiger partial charge in [-0.2, -0.15) is 0 Å². The van der Waals surface area contributed by atoms with Crippen molar-refractivity contribution in [3.63, 3.8) is 0 Å². The normalized spacial score (nSPS) is 24.8. The van der Waals surface area contributed by atoms with Gasteiger partial charge in [0.25, 0.3) is 0 Å². The molecule has 1 aliphatic rings. The van der Waals surface area contributed by atoms with Gasteiger partial charge in [-0.15, -0.1) is 0 Å². The van der Waals surface area contributed by atoms with E-state index in [9.17, 15) is 14.4 Å². The molecule has 0 aromatic carbocycles. The summed E-state index contributed by atoms with van der Waals surface area (Å²) in [6.45, 7) is 4.08. The Morgan fingerprint density at radius 1 is 0.900 bits per heavy atom. The van der Waals surface area contributed by atoms with Crippen LogP contribution in [0.3, 0.4) is 0 Å². The number of hydrogen-bond acceptors (Lipinski definition) is 7. The van der Waals surface area contributed by atoms with Crippen LogP contribution in [0.5, 0.6) is 0 Å². The molecule has 0 radical (unpaired) electrons. The van der Waals surface area contributed by atoms with Crippen molar-refractivity contribution >= 4 is 17.3 Å². The number of Topliss-reactive ketones (excluding diaryl/α,β-unsaturated/α-hetero) is 3. The second-order valence-corrected chi connectivity index (χ2v) is 8.02. The lowest BCUT2D eigenvalue weighted by molar-refractivity contribution is -0.151. The monoisotopic (exact) mass is 408 g/mol. The summed E-state index contributed by atoms with van der Waals surface area (Å²) >= 11 is 0. The Morgan fingerprint density at radius 3 is 1.70 bits per heavy atom. The maximum absolute atomic E-state index is 13.5. The Hall–Kier alpha value is -2.77. The summed E-state index contributed by atoms with van der Waals surface area (Å²) in [5.74, 6) is -2.75. The summed E-state index contributed by atoms with van der Waals surface area (Å²) in [6.07, 6.45) is 3.32. The molecule has 1 aliphatic heterocycles. The van der Waals surface area contributed by atoms with Gasteiger partial charge in [-0.1, -0.05) is 12.1 Å². The molecule has 0 amide bonds. The van der Waals surface area contributed by atoms with Crippen LogP contribution in [0.1, 0.15) is 37.3 Å². The van der Waals surface area contributed by atoms with Gasteiger partial charge in [0, 0.05) is 25.5 Å². The average Bonchev–Trinajstić information content (AvgIpc) is 2.72. The second-order valence-electron chi connectivity index (χ2n) is 8.02. The van der Waals surface area contributed by atoms with Gasteiger partial charge in [-0.05, 0) is 52.2 Å². The molecule has 1 fully saturated rings. The highest BCUT2D eigenvalue weighted by atomic mass is 16.2. The third-order valence-corrected chi connectivity index (χ3v) is 5.62. The topological polar surface area (TPSA) is 83.5 Å². The second kappa shape index (κ2) is 9.36. The number of rotatable bonds is 7. The number of carbonyl (C=O) groups is 3. The molecular formula is C23H28N4O3. The van der Waals surface area contributed by atoms with Gasteiger partial charge in [0.05, 0.1) is 35.3 Å². The lowest BCUT2D eigenvalue weighted by Gasteiger charge is -2.47. The number of carbonyl (C=O) groups excluding carboxylic acids is 3. The van der Waals surface area contributed by atoms with Crippen LogP contribution in [-0.4, -0.2) is 64.3 Å². The van der Waals surface area contributed by atoms with Crippen molar-refractivity contribution in [2.24, 2.45) is 11.8 Å². The van der Waals surface area contributed by atoms with E-state index in [4.69, 9.17) is 0 Å². The molecule has 0 aliphatic carbocycles. The van der Waals surface area contributed by atoms with Crippen LogP contribution < -0.4 is 0 Å². The highest BCUT2D eigenvalue weighted by molar-refractivity contribution is 6.12. The minimum absolute atomic E-state index is 0.253. The van der Waals surface area contributed by atoms with Gasteiger partial charge in [-0.3, -0.25) is 29.3 Å². The van der Waals surface area contributed by atoms with Crippen molar-refractivity contribution in [2.45, 2.75) is 25.9 Å². The van der Waals surface area contributed by atoms with Gasteiger partial charge < -0.3 is 4.90 Å². The largest absolute Gasteiger partial charge is 0.308 e. The molecule has 3 rings (SSSR count). The number of piperidine rings is 1. The molecule has 2 aromatic rings. The summed E-state index contributed by atoms with van der Waals surface area (Å²) < 4.78 is 0. The molecule has 4 unspecified atom stereocenters. The fraction of sp³-hybridized carbons (Fsp3) is 0.435. The number of hydrogen-bond donors (Lipinski definition) is 0. The fourth-order valence-corrected chi connectivity index (χ4v) is 4.28. The quantitative estimate of drug-likeness (QED) is 0.649. The maximum Gasteiger partial charge on any atom is 0.157 e. The number of ketones is 3. The van der Waals surface area contributed by atoms with Crippen LogP contribution in [-0.2, 0) is 14.4 Å². The van der Waals surface area contributed by atoms with Gasteiger partial charge in [0.2, 0.25) is 0 Å². The lowest BCUT2D eigenvalue weighted by Crippen LogP contribution is -2.56. The van der Waals surface area contributed by atoms with E-state index >= 15 is 0 Å². The summed E-state index contributed by atoms with van der Waals surface area (Å²) in [5.41, 5.74) is 1.29. The van der Waals surface area contributed by atoms with Crippen LogP contribution in [0.4, 0.5) is 0 Å². The number of nitrogens with zero attached hydrogens (tertiary/aromatic N) is 4. The molecule has 7 heteroatoms. The number of pyridine rings is 2. The third-order valence-electron chi connectivity index (χ3n) is 5.62. The van der Waals surface area contributed by atoms with Gasteiger partial charge in [-0.25, -0.2) is 0 Å². The van der Waals surface area contributed by atoms with Gasteiger partial charge >= 0.3 is 0 Å². The SMILES string of the molecule is CC(=O)C1C(=O)C(C(C)=O)C(c2ccccn2)N(CCN(C)C)C1c1ccccn1. The van der Waals surface area contributed by atoms with E-state index in [1.54, 1.807) is 24.5 Å². The zero-order valence-electron chi connectivity index (χ0n) is 17.9. The van der Waals surface area contributed by atoms with E-state index in [1.165, 1.54) is 13.8 Å². The maximum atomic E-state index is 13.5. The highest BCUT2D eigenvalue weighted by Gasteiger charge is 2.53. The number of aromatic nitrogens is 2. The minimum Gasteiger partial charge on any atom is -0.308 e. The van der Waals surface area contributed by atoms with Gasteiger partial charge in [0.1, 0.15) is 11.6 Å². The van der Waals surface area contributed by atoms with E-state index in [2.05, 4.69) is 14.9 Å². The van der Waals surface area contributed by atoms with E-state index < -0.39 is 23.9 Å². The molecule has 4 atom stereocenters. The van der Waals surface area contributed by atoms with E-state index in [0.717, 1.165) is 0 Å². The molecule has 1 saturated heterocycles. The zero-order chi connectivity index (χ0) is 21.8. The van der Waals surface area contributed by atoms with E-state index in [-0.39, 0.29) is 17.3 Å². The van der Waals surface area contributed by atoms with Crippen molar-refractivity contribution in [3.05, 3.63) is 60.2 Å². The fourth-order valence-electron chi connectivity index (χ4n) is 4.28. The lowest BCUT2D eigenvalue weighted by atomic mass is 9.72. The first-order valence-corrected chi connectivity index (χ1v) is 10.1. The van der Waals surface area contributed by atoms with Crippen LogP contribution in [0.15, 0.2) is 48.8 Å².